The van der Waals surface area contributed by atoms with Gasteiger partial charge in [0.2, 0.25) is 5.91 Å². The lowest BCUT2D eigenvalue weighted by atomic mass is 9.82. The summed E-state index contributed by atoms with van der Waals surface area (Å²) in [6, 6.07) is 8.02. The number of carbonyl (C=O) groups is 1. The minimum Gasteiger partial charge on any atom is -0.494 e. The lowest BCUT2D eigenvalue weighted by Crippen LogP contribution is -2.24. The molecular formula is C13H17NO2. The second-order valence-corrected chi connectivity index (χ2v) is 4.47. The SMILES string of the molecule is CCOc1ccc(C2(C)CNC(=O)C2)cc1. The van der Waals surface area contributed by atoms with Gasteiger partial charge in [-0.25, -0.2) is 0 Å². The molecule has 1 aromatic rings. The van der Waals surface area contributed by atoms with Gasteiger partial charge in [-0.05, 0) is 24.6 Å². The smallest absolute Gasteiger partial charge is 0.220 e. The number of hydrogen-bond donors (Lipinski definition) is 1. The van der Waals surface area contributed by atoms with Gasteiger partial charge in [0.05, 0.1) is 6.61 Å². The molecular weight excluding hydrogens is 202 g/mol. The fourth-order valence-electron chi connectivity index (χ4n) is 2.10. The van der Waals surface area contributed by atoms with Gasteiger partial charge < -0.3 is 10.1 Å². The van der Waals surface area contributed by atoms with E-state index in [1.54, 1.807) is 0 Å². The van der Waals surface area contributed by atoms with Crippen molar-refractivity contribution in [3.05, 3.63) is 29.8 Å². The van der Waals surface area contributed by atoms with Crippen LogP contribution in [-0.2, 0) is 10.2 Å². The largest absolute Gasteiger partial charge is 0.494 e. The normalized spacial score (nSPS) is 24.2. The average molecular weight is 219 g/mol. The minimum atomic E-state index is -0.0676. The summed E-state index contributed by atoms with van der Waals surface area (Å²) in [5, 5.41) is 2.88. The van der Waals surface area contributed by atoms with E-state index in [0.717, 1.165) is 12.3 Å². The van der Waals surface area contributed by atoms with Crippen LogP contribution >= 0.6 is 0 Å². The quantitative estimate of drug-likeness (QED) is 0.842. The number of ether oxygens (including phenoxy) is 1. The maximum atomic E-state index is 11.3. The Labute approximate surface area is 95.8 Å². The van der Waals surface area contributed by atoms with Crippen LogP contribution in [0.25, 0.3) is 0 Å². The molecule has 1 aliphatic heterocycles. The van der Waals surface area contributed by atoms with Gasteiger partial charge in [-0.3, -0.25) is 4.79 Å². The van der Waals surface area contributed by atoms with Crippen molar-refractivity contribution in [2.24, 2.45) is 0 Å². The van der Waals surface area contributed by atoms with Crippen molar-refractivity contribution in [2.75, 3.05) is 13.2 Å². The molecule has 1 aliphatic rings. The fourth-order valence-corrected chi connectivity index (χ4v) is 2.10. The van der Waals surface area contributed by atoms with Gasteiger partial charge in [0.1, 0.15) is 5.75 Å². The molecule has 1 saturated heterocycles. The Morgan fingerprint density at radius 3 is 2.56 bits per heavy atom. The average Bonchev–Trinajstić information content (AvgIpc) is 2.61. The summed E-state index contributed by atoms with van der Waals surface area (Å²) in [5.74, 6) is 1.02. The lowest BCUT2D eigenvalue weighted by molar-refractivity contribution is -0.119. The minimum absolute atomic E-state index is 0.0676. The second-order valence-electron chi connectivity index (χ2n) is 4.47. The molecule has 0 aromatic heterocycles. The van der Waals surface area contributed by atoms with Crippen LogP contribution in [-0.4, -0.2) is 19.1 Å². The van der Waals surface area contributed by atoms with Crippen molar-refractivity contribution in [3.8, 4) is 5.75 Å². The highest BCUT2D eigenvalue weighted by atomic mass is 16.5. The second kappa shape index (κ2) is 4.16. The van der Waals surface area contributed by atoms with Crippen LogP contribution in [0.1, 0.15) is 25.8 Å². The van der Waals surface area contributed by atoms with E-state index in [1.165, 1.54) is 5.56 Å². The summed E-state index contributed by atoms with van der Waals surface area (Å²) in [4.78, 5) is 11.3. The first kappa shape index (κ1) is 11.0. The van der Waals surface area contributed by atoms with Gasteiger partial charge in [-0.2, -0.15) is 0 Å². The van der Waals surface area contributed by atoms with E-state index in [0.29, 0.717) is 13.0 Å². The standard InChI is InChI=1S/C13H17NO2/c1-3-16-11-6-4-10(5-7-11)13(2)8-12(15)14-9-13/h4-7H,3,8-9H2,1-2H3,(H,14,15). The lowest BCUT2D eigenvalue weighted by Gasteiger charge is -2.22. The van der Waals surface area contributed by atoms with Crippen molar-refractivity contribution in [1.29, 1.82) is 0 Å². The molecule has 0 spiro atoms. The van der Waals surface area contributed by atoms with Gasteiger partial charge in [0.15, 0.2) is 0 Å². The topological polar surface area (TPSA) is 38.3 Å². The predicted octanol–water partition coefficient (Wildman–Crippen LogP) is 1.86. The van der Waals surface area contributed by atoms with Crippen molar-refractivity contribution in [1.82, 2.24) is 5.32 Å². The molecule has 1 unspecified atom stereocenters. The molecule has 2 rings (SSSR count). The number of benzene rings is 1. The molecule has 1 N–H and O–H groups in total. The maximum absolute atomic E-state index is 11.3. The van der Waals surface area contributed by atoms with Gasteiger partial charge in [-0.1, -0.05) is 19.1 Å². The molecule has 3 heteroatoms. The first-order chi connectivity index (χ1) is 7.64. The molecule has 0 saturated carbocycles. The molecule has 1 aromatic carbocycles. The van der Waals surface area contributed by atoms with E-state index >= 15 is 0 Å². The van der Waals surface area contributed by atoms with E-state index in [4.69, 9.17) is 4.74 Å². The Morgan fingerprint density at radius 1 is 1.38 bits per heavy atom. The number of hydrogen-bond acceptors (Lipinski definition) is 2. The number of carbonyl (C=O) groups excluding carboxylic acids is 1. The summed E-state index contributed by atoms with van der Waals surface area (Å²) >= 11 is 0. The Balaban J connectivity index is 2.18. The Bertz CT molecular complexity index is 385. The van der Waals surface area contributed by atoms with E-state index in [9.17, 15) is 4.79 Å². The van der Waals surface area contributed by atoms with Gasteiger partial charge >= 0.3 is 0 Å². The van der Waals surface area contributed by atoms with Gasteiger partial charge in [0.25, 0.3) is 0 Å². The van der Waals surface area contributed by atoms with E-state index in [1.807, 2.05) is 31.2 Å². The summed E-state index contributed by atoms with van der Waals surface area (Å²) in [6.45, 7) is 5.48. The van der Waals surface area contributed by atoms with E-state index in [-0.39, 0.29) is 11.3 Å². The van der Waals surface area contributed by atoms with Crippen molar-refractivity contribution >= 4 is 5.91 Å². The van der Waals surface area contributed by atoms with Crippen LogP contribution < -0.4 is 10.1 Å². The van der Waals surface area contributed by atoms with Crippen molar-refractivity contribution in [3.63, 3.8) is 0 Å². The number of nitrogens with one attached hydrogen (secondary N) is 1. The molecule has 0 aliphatic carbocycles. The highest BCUT2D eigenvalue weighted by Crippen LogP contribution is 2.31. The summed E-state index contributed by atoms with van der Waals surface area (Å²) in [7, 11) is 0. The molecule has 16 heavy (non-hydrogen) atoms. The summed E-state index contributed by atoms with van der Waals surface area (Å²) < 4.78 is 5.39. The van der Waals surface area contributed by atoms with Crippen LogP contribution in [0.15, 0.2) is 24.3 Å². The zero-order valence-corrected chi connectivity index (χ0v) is 9.75. The molecule has 1 atom stereocenters. The molecule has 1 heterocycles. The van der Waals surface area contributed by atoms with Gasteiger partial charge in [0, 0.05) is 18.4 Å². The van der Waals surface area contributed by atoms with Crippen molar-refractivity contribution < 1.29 is 9.53 Å². The highest BCUT2D eigenvalue weighted by Gasteiger charge is 2.35. The van der Waals surface area contributed by atoms with Crippen LogP contribution in [0.3, 0.4) is 0 Å². The number of amides is 1. The van der Waals surface area contributed by atoms with Crippen LogP contribution in [0.5, 0.6) is 5.75 Å². The molecule has 86 valence electrons. The Morgan fingerprint density at radius 2 is 2.06 bits per heavy atom. The summed E-state index contributed by atoms with van der Waals surface area (Å²) in [5.41, 5.74) is 1.12. The maximum Gasteiger partial charge on any atom is 0.220 e. The molecule has 1 fully saturated rings. The third kappa shape index (κ3) is 2.03. The third-order valence-corrected chi connectivity index (χ3v) is 3.09. The Kier molecular flexibility index (Phi) is 2.86. The first-order valence-corrected chi connectivity index (χ1v) is 5.64. The van der Waals surface area contributed by atoms with Gasteiger partial charge in [-0.15, -0.1) is 0 Å². The molecule has 3 nitrogen and oxygen atoms in total. The Hall–Kier alpha value is -1.51. The van der Waals surface area contributed by atoms with Crippen LogP contribution in [0, 0.1) is 0 Å². The zero-order chi connectivity index (χ0) is 11.6. The highest BCUT2D eigenvalue weighted by molar-refractivity contribution is 5.80. The monoisotopic (exact) mass is 219 g/mol. The fraction of sp³-hybridized carbons (Fsp3) is 0.462. The zero-order valence-electron chi connectivity index (χ0n) is 9.75. The molecule has 0 radical (unpaired) electrons. The first-order valence-electron chi connectivity index (χ1n) is 5.64. The molecule has 1 amide bonds. The third-order valence-electron chi connectivity index (χ3n) is 3.09. The summed E-state index contributed by atoms with van der Waals surface area (Å²) in [6.07, 6.45) is 0.570. The van der Waals surface area contributed by atoms with Crippen LogP contribution in [0.4, 0.5) is 0 Å². The predicted molar refractivity (Wildman–Crippen MR) is 62.6 cm³/mol. The van der Waals surface area contributed by atoms with E-state index in [2.05, 4.69) is 12.2 Å². The number of rotatable bonds is 3. The van der Waals surface area contributed by atoms with Crippen molar-refractivity contribution in [2.45, 2.75) is 25.7 Å². The van der Waals surface area contributed by atoms with Crippen LogP contribution in [0.2, 0.25) is 0 Å². The van der Waals surface area contributed by atoms with E-state index < -0.39 is 0 Å². The molecule has 0 bridgehead atoms.